The maximum atomic E-state index is 13.3. The fourth-order valence-electron chi connectivity index (χ4n) is 1.92. The van der Waals surface area contributed by atoms with E-state index in [4.69, 9.17) is 31.5 Å². The van der Waals surface area contributed by atoms with Crippen molar-refractivity contribution < 1.29 is 42.0 Å². The lowest BCUT2D eigenvalue weighted by Crippen LogP contribution is -2.36. The number of carboxylic acid groups (broad SMARTS) is 1. The van der Waals surface area contributed by atoms with E-state index in [9.17, 15) is 22.8 Å². The average Bonchev–Trinajstić information content (AvgIpc) is 3.26. The third-order valence-corrected chi connectivity index (χ3v) is 3.72. The standard InChI is InChI=1S/C15H16ClFN8O3.C2HF3O2/c1-27-5-4-19-15(21-8-18)20-7-12-13(25-28-24-12)14(23-26)22-9-2-3-11(17)10(16)6-9;3-2(4,5)1(6)7/h2-3,6,26H,4-5,7H2,1H3,(H,22,23)(H2,19,20,21);(H,6,7). The molecule has 35 heavy (non-hydrogen) atoms. The second-order valence-corrected chi connectivity index (χ2v) is 6.26. The number of benzene rings is 1. The van der Waals surface area contributed by atoms with Crippen molar-refractivity contribution in [1.82, 2.24) is 26.4 Å². The van der Waals surface area contributed by atoms with E-state index in [1.54, 1.807) is 13.3 Å². The molecule has 2 aromatic rings. The first kappa shape index (κ1) is 29.0. The number of guanidine groups is 1. The Balaban J connectivity index is 0.000000762. The zero-order valence-corrected chi connectivity index (χ0v) is 18.4. The lowest BCUT2D eigenvalue weighted by molar-refractivity contribution is -0.192. The Hall–Kier alpha value is -4.01. The summed E-state index contributed by atoms with van der Waals surface area (Å²) in [6.07, 6.45) is -3.33. The number of aliphatic imine (C=N–C) groups is 2. The van der Waals surface area contributed by atoms with Gasteiger partial charge >= 0.3 is 12.1 Å². The van der Waals surface area contributed by atoms with Crippen LogP contribution in [-0.2, 0) is 16.1 Å². The lowest BCUT2D eigenvalue weighted by atomic mass is 10.3. The van der Waals surface area contributed by atoms with Gasteiger partial charge in [0.15, 0.2) is 17.7 Å². The van der Waals surface area contributed by atoms with E-state index in [0.717, 1.165) is 6.07 Å². The van der Waals surface area contributed by atoms with Gasteiger partial charge in [0.05, 0.1) is 23.9 Å². The van der Waals surface area contributed by atoms with E-state index in [1.165, 1.54) is 12.1 Å². The summed E-state index contributed by atoms with van der Waals surface area (Å²) >= 11 is 5.72. The van der Waals surface area contributed by atoms with Crippen LogP contribution < -0.4 is 16.1 Å². The number of carboxylic acids is 1. The number of hydrogen-bond acceptors (Lipinski definition) is 9. The van der Waals surface area contributed by atoms with E-state index >= 15 is 0 Å². The van der Waals surface area contributed by atoms with Crippen LogP contribution in [0, 0.1) is 17.3 Å². The number of aliphatic carboxylic acids is 1. The molecule has 0 aliphatic rings. The predicted molar refractivity (Wildman–Crippen MR) is 110 cm³/mol. The highest BCUT2D eigenvalue weighted by Gasteiger charge is 2.38. The minimum Gasteiger partial charge on any atom is -0.475 e. The molecule has 13 nitrogen and oxygen atoms in total. The van der Waals surface area contributed by atoms with Crippen LogP contribution in [0.1, 0.15) is 11.4 Å². The van der Waals surface area contributed by atoms with E-state index in [1.807, 2.05) is 5.48 Å². The molecule has 0 atom stereocenters. The van der Waals surface area contributed by atoms with Gasteiger partial charge in [-0.1, -0.05) is 16.8 Å². The summed E-state index contributed by atoms with van der Waals surface area (Å²) in [4.78, 5) is 17.2. The molecule has 0 amide bonds. The summed E-state index contributed by atoms with van der Waals surface area (Å²) in [5.74, 6) is -3.28. The number of nitrogens with zero attached hydrogens (tertiary/aromatic N) is 5. The van der Waals surface area contributed by atoms with Crippen molar-refractivity contribution in [3.63, 3.8) is 0 Å². The summed E-state index contributed by atoms with van der Waals surface area (Å²) in [5, 5.41) is 37.8. The first-order valence-electron chi connectivity index (χ1n) is 9.01. The number of nitriles is 1. The second kappa shape index (κ2) is 14.3. The number of aromatic nitrogens is 2. The van der Waals surface area contributed by atoms with Gasteiger partial charge in [0.2, 0.25) is 5.96 Å². The molecule has 1 heterocycles. The molecule has 1 aromatic heterocycles. The molecule has 1 aromatic carbocycles. The summed E-state index contributed by atoms with van der Waals surface area (Å²) < 4.78 is 54.6. The molecule has 18 heteroatoms. The van der Waals surface area contributed by atoms with Crippen molar-refractivity contribution in [2.75, 3.05) is 20.3 Å². The number of methoxy groups -OCH3 is 1. The number of ether oxygens (including phenoxy) is 1. The molecule has 0 saturated carbocycles. The Kier molecular flexibility index (Phi) is 11.9. The maximum Gasteiger partial charge on any atom is 0.490 e. The molecular weight excluding hydrogens is 508 g/mol. The minimum atomic E-state index is -5.08. The number of hydrogen-bond donors (Lipinski definition) is 5. The summed E-state index contributed by atoms with van der Waals surface area (Å²) in [6, 6.07) is 3.76. The van der Waals surface area contributed by atoms with Crippen molar-refractivity contribution >= 4 is 35.1 Å². The molecule has 190 valence electrons. The molecule has 0 unspecified atom stereocenters. The fourth-order valence-corrected chi connectivity index (χ4v) is 2.10. The molecule has 5 N–H and O–H groups in total. The summed E-state index contributed by atoms with van der Waals surface area (Å²) in [7, 11) is 1.54. The Bertz CT molecular complexity index is 1090. The Morgan fingerprint density at radius 3 is 2.60 bits per heavy atom. The molecule has 2 rings (SSSR count). The number of halogens is 5. The van der Waals surface area contributed by atoms with E-state index < -0.39 is 18.0 Å². The molecule has 0 radical (unpaired) electrons. The number of nitrogens with one attached hydrogen (secondary N) is 3. The molecule has 0 bridgehead atoms. The van der Waals surface area contributed by atoms with Gasteiger partial charge in [-0.3, -0.25) is 16.0 Å². The first-order chi connectivity index (χ1) is 16.5. The molecule has 0 spiro atoms. The molecule has 0 fully saturated rings. The minimum absolute atomic E-state index is 0.0479. The zero-order chi connectivity index (χ0) is 26.4. The van der Waals surface area contributed by atoms with E-state index in [-0.39, 0.29) is 40.4 Å². The van der Waals surface area contributed by atoms with Crippen molar-refractivity contribution in [1.29, 1.82) is 5.26 Å². The van der Waals surface area contributed by atoms with Crippen molar-refractivity contribution in [3.05, 3.63) is 40.4 Å². The van der Waals surface area contributed by atoms with Crippen LogP contribution in [0.3, 0.4) is 0 Å². The third kappa shape index (κ3) is 10.2. The summed E-state index contributed by atoms with van der Waals surface area (Å²) in [5.41, 5.74) is 2.43. The number of alkyl halides is 3. The number of amidine groups is 1. The molecule has 0 saturated heterocycles. The van der Waals surface area contributed by atoms with Crippen molar-refractivity contribution in [3.8, 4) is 6.19 Å². The highest BCUT2D eigenvalue weighted by Crippen LogP contribution is 2.22. The number of rotatable bonds is 7. The third-order valence-electron chi connectivity index (χ3n) is 3.43. The van der Waals surface area contributed by atoms with Gasteiger partial charge in [-0.2, -0.15) is 18.4 Å². The number of carbonyl (C=O) groups is 1. The van der Waals surface area contributed by atoms with Crippen LogP contribution in [0.25, 0.3) is 0 Å². The van der Waals surface area contributed by atoms with Gasteiger partial charge in [-0.25, -0.2) is 23.8 Å². The van der Waals surface area contributed by atoms with Gasteiger partial charge in [0.25, 0.3) is 0 Å². The van der Waals surface area contributed by atoms with Gasteiger partial charge in [0.1, 0.15) is 11.5 Å². The van der Waals surface area contributed by atoms with Gasteiger partial charge in [-0.15, -0.1) is 0 Å². The quantitative estimate of drug-likeness (QED) is 0.0674. The number of hydroxylamine groups is 1. The zero-order valence-electron chi connectivity index (χ0n) is 17.6. The van der Waals surface area contributed by atoms with Crippen LogP contribution in [0.5, 0.6) is 0 Å². The normalized spacial score (nSPS) is 11.7. The molecule has 0 aliphatic carbocycles. The van der Waals surface area contributed by atoms with Crippen LogP contribution in [0.4, 0.5) is 23.2 Å². The largest absolute Gasteiger partial charge is 0.490 e. The fraction of sp³-hybridized carbons (Fsp3) is 0.294. The van der Waals surface area contributed by atoms with Gasteiger partial charge < -0.3 is 15.2 Å². The van der Waals surface area contributed by atoms with Crippen LogP contribution in [0.15, 0.2) is 32.8 Å². The van der Waals surface area contributed by atoms with Crippen LogP contribution >= 0.6 is 11.6 Å². The predicted octanol–water partition coefficient (Wildman–Crippen LogP) is 1.72. The van der Waals surface area contributed by atoms with E-state index in [0.29, 0.717) is 13.2 Å². The van der Waals surface area contributed by atoms with Crippen LogP contribution in [-0.4, -0.2) is 64.8 Å². The Morgan fingerprint density at radius 2 is 2.06 bits per heavy atom. The lowest BCUT2D eigenvalue weighted by Gasteiger charge is -2.07. The monoisotopic (exact) mass is 524 g/mol. The summed E-state index contributed by atoms with van der Waals surface area (Å²) in [6.45, 7) is 0.784. The highest BCUT2D eigenvalue weighted by atomic mass is 35.5. The maximum absolute atomic E-state index is 13.3. The smallest absolute Gasteiger partial charge is 0.475 e. The molecular formula is C17H17ClF4N8O5. The highest BCUT2D eigenvalue weighted by molar-refractivity contribution is 6.31. The van der Waals surface area contributed by atoms with Crippen molar-refractivity contribution in [2.24, 2.45) is 9.98 Å². The Morgan fingerprint density at radius 1 is 1.37 bits per heavy atom. The topological polar surface area (TPSA) is 190 Å². The van der Waals surface area contributed by atoms with Crippen molar-refractivity contribution in [2.45, 2.75) is 12.7 Å². The van der Waals surface area contributed by atoms with Crippen LogP contribution in [0.2, 0.25) is 5.02 Å². The second-order valence-electron chi connectivity index (χ2n) is 5.85. The van der Waals surface area contributed by atoms with Gasteiger partial charge in [0, 0.05) is 13.7 Å². The first-order valence-corrected chi connectivity index (χ1v) is 9.39. The Labute approximate surface area is 199 Å². The van der Waals surface area contributed by atoms with Gasteiger partial charge in [-0.05, 0) is 23.4 Å². The average molecular weight is 525 g/mol. The SMILES string of the molecule is COCCNC(=NCc1nonc1C(=Nc1ccc(F)c(Cl)c1)NO)NC#N.O=C(O)C(F)(F)F. The van der Waals surface area contributed by atoms with E-state index in [2.05, 4.69) is 35.6 Å². The molecule has 0 aliphatic heterocycles.